The molecular formula is C25H26ClN7O. The van der Waals surface area contributed by atoms with Gasteiger partial charge in [-0.1, -0.05) is 23.7 Å². The SMILES string of the molecule is CCn1c(=O)c(-c2ccc(-c3nccnc3C)cc2Cl)cc2cnc(NC3CCCNC3)nc21. The number of rotatable bonds is 5. The number of benzene rings is 1. The number of hydrogen-bond acceptors (Lipinski definition) is 7. The summed E-state index contributed by atoms with van der Waals surface area (Å²) in [7, 11) is 0. The number of pyridine rings is 1. The van der Waals surface area contributed by atoms with E-state index in [1.54, 1.807) is 23.2 Å². The van der Waals surface area contributed by atoms with Crippen LogP contribution < -0.4 is 16.2 Å². The van der Waals surface area contributed by atoms with Crippen molar-refractivity contribution in [2.75, 3.05) is 18.4 Å². The van der Waals surface area contributed by atoms with Crippen molar-refractivity contribution in [3.63, 3.8) is 0 Å². The summed E-state index contributed by atoms with van der Waals surface area (Å²) in [6.07, 6.45) is 7.26. The fraction of sp³-hybridized carbons (Fsp3) is 0.320. The van der Waals surface area contributed by atoms with Crippen molar-refractivity contribution in [3.8, 4) is 22.4 Å². The number of aryl methyl sites for hydroxylation is 2. The predicted molar refractivity (Wildman–Crippen MR) is 135 cm³/mol. The maximum Gasteiger partial charge on any atom is 0.260 e. The maximum atomic E-state index is 13.5. The molecule has 1 saturated heterocycles. The van der Waals surface area contributed by atoms with E-state index >= 15 is 0 Å². The number of piperidine rings is 1. The van der Waals surface area contributed by atoms with Gasteiger partial charge in [0, 0.05) is 64.8 Å². The minimum atomic E-state index is -0.135. The fourth-order valence-electron chi connectivity index (χ4n) is 4.44. The third kappa shape index (κ3) is 4.26. The third-order valence-corrected chi connectivity index (χ3v) is 6.50. The van der Waals surface area contributed by atoms with Crippen molar-refractivity contribution in [2.24, 2.45) is 0 Å². The van der Waals surface area contributed by atoms with Gasteiger partial charge in [-0.05, 0) is 45.4 Å². The molecule has 0 aliphatic carbocycles. The second kappa shape index (κ2) is 9.48. The van der Waals surface area contributed by atoms with Gasteiger partial charge in [0.2, 0.25) is 5.95 Å². The molecule has 0 spiro atoms. The van der Waals surface area contributed by atoms with Crippen molar-refractivity contribution >= 4 is 28.6 Å². The molecule has 34 heavy (non-hydrogen) atoms. The first-order chi connectivity index (χ1) is 16.5. The Labute approximate surface area is 202 Å². The van der Waals surface area contributed by atoms with Crippen LogP contribution in [0.2, 0.25) is 5.02 Å². The minimum Gasteiger partial charge on any atom is -0.350 e. The molecule has 174 valence electrons. The van der Waals surface area contributed by atoms with Crippen LogP contribution in [0.25, 0.3) is 33.4 Å². The normalized spacial score (nSPS) is 16.0. The summed E-state index contributed by atoms with van der Waals surface area (Å²) >= 11 is 6.68. The number of halogens is 1. The van der Waals surface area contributed by atoms with Gasteiger partial charge in [0.05, 0.1) is 11.4 Å². The Morgan fingerprint density at radius 1 is 1.18 bits per heavy atom. The van der Waals surface area contributed by atoms with Crippen molar-refractivity contribution in [2.45, 2.75) is 39.3 Å². The van der Waals surface area contributed by atoms with E-state index in [2.05, 4.69) is 30.6 Å². The number of nitrogens with zero attached hydrogens (tertiary/aromatic N) is 5. The summed E-state index contributed by atoms with van der Waals surface area (Å²) in [5.41, 5.74) is 4.09. The van der Waals surface area contributed by atoms with Crippen LogP contribution in [0.15, 0.2) is 47.7 Å². The van der Waals surface area contributed by atoms with Gasteiger partial charge in [0.15, 0.2) is 0 Å². The van der Waals surface area contributed by atoms with Gasteiger partial charge < -0.3 is 10.6 Å². The Bertz CT molecular complexity index is 1410. The highest BCUT2D eigenvalue weighted by atomic mass is 35.5. The molecule has 1 unspecified atom stereocenters. The van der Waals surface area contributed by atoms with Crippen LogP contribution in [-0.2, 0) is 6.54 Å². The van der Waals surface area contributed by atoms with Gasteiger partial charge in [-0.25, -0.2) is 4.98 Å². The molecule has 4 heterocycles. The van der Waals surface area contributed by atoms with E-state index in [0.717, 1.165) is 48.3 Å². The molecular weight excluding hydrogens is 450 g/mol. The third-order valence-electron chi connectivity index (χ3n) is 6.19. The van der Waals surface area contributed by atoms with Gasteiger partial charge in [0.25, 0.3) is 5.56 Å². The fourth-order valence-corrected chi connectivity index (χ4v) is 4.73. The second-order valence-electron chi connectivity index (χ2n) is 8.45. The van der Waals surface area contributed by atoms with Crippen molar-refractivity contribution in [1.29, 1.82) is 0 Å². The lowest BCUT2D eigenvalue weighted by Gasteiger charge is -2.23. The van der Waals surface area contributed by atoms with Gasteiger partial charge in [0.1, 0.15) is 5.65 Å². The van der Waals surface area contributed by atoms with Gasteiger partial charge in [-0.2, -0.15) is 4.98 Å². The highest BCUT2D eigenvalue weighted by Crippen LogP contribution is 2.32. The molecule has 5 rings (SSSR count). The van der Waals surface area contributed by atoms with Gasteiger partial charge in [-0.3, -0.25) is 19.3 Å². The average Bonchev–Trinajstić information content (AvgIpc) is 2.85. The predicted octanol–water partition coefficient (Wildman–Crippen LogP) is 4.06. The first-order valence-corrected chi connectivity index (χ1v) is 11.9. The highest BCUT2D eigenvalue weighted by molar-refractivity contribution is 6.33. The van der Waals surface area contributed by atoms with E-state index in [9.17, 15) is 4.79 Å². The standard InChI is InChI=1S/C25H26ClN7O/c1-3-33-23-17(13-30-25(32-23)31-18-5-4-8-27-14-18)11-20(24(33)34)19-7-6-16(12-21(19)26)22-15(2)28-9-10-29-22/h6-7,9-13,18,27H,3-5,8,14H2,1-2H3,(H,30,31,32). The number of aromatic nitrogens is 5. The summed E-state index contributed by atoms with van der Waals surface area (Å²) in [5, 5.41) is 8.04. The molecule has 3 aromatic heterocycles. The topological polar surface area (TPSA) is 97.6 Å². The molecule has 8 nitrogen and oxygen atoms in total. The van der Waals surface area contributed by atoms with Crippen LogP contribution in [0.4, 0.5) is 5.95 Å². The first-order valence-electron chi connectivity index (χ1n) is 11.5. The van der Waals surface area contributed by atoms with E-state index in [1.807, 2.05) is 38.1 Å². The van der Waals surface area contributed by atoms with Crippen LogP contribution in [0.5, 0.6) is 0 Å². The summed E-state index contributed by atoms with van der Waals surface area (Å²) in [5.74, 6) is 0.539. The molecule has 1 aromatic carbocycles. The van der Waals surface area contributed by atoms with Crippen LogP contribution >= 0.6 is 11.6 Å². The maximum absolute atomic E-state index is 13.5. The van der Waals surface area contributed by atoms with Crippen LogP contribution in [-0.4, -0.2) is 43.6 Å². The number of fused-ring (bicyclic) bond motifs is 1. The number of hydrogen-bond donors (Lipinski definition) is 2. The zero-order valence-electron chi connectivity index (χ0n) is 19.2. The summed E-state index contributed by atoms with van der Waals surface area (Å²) in [6, 6.07) is 7.71. The van der Waals surface area contributed by atoms with Crippen LogP contribution in [0.1, 0.15) is 25.5 Å². The zero-order chi connectivity index (χ0) is 23.7. The van der Waals surface area contributed by atoms with E-state index in [4.69, 9.17) is 11.6 Å². The van der Waals surface area contributed by atoms with Gasteiger partial charge >= 0.3 is 0 Å². The lowest BCUT2D eigenvalue weighted by Crippen LogP contribution is -2.38. The highest BCUT2D eigenvalue weighted by Gasteiger charge is 2.18. The molecule has 1 fully saturated rings. The Kier molecular flexibility index (Phi) is 6.26. The smallest absolute Gasteiger partial charge is 0.260 e. The molecule has 9 heteroatoms. The molecule has 0 bridgehead atoms. The van der Waals surface area contributed by atoms with Crippen LogP contribution in [0.3, 0.4) is 0 Å². The molecule has 1 aliphatic heterocycles. The molecule has 0 saturated carbocycles. The van der Waals surface area contributed by atoms with E-state index in [0.29, 0.717) is 34.3 Å². The average molecular weight is 476 g/mol. The first kappa shape index (κ1) is 22.4. The van der Waals surface area contributed by atoms with E-state index in [1.165, 1.54) is 0 Å². The Morgan fingerprint density at radius 2 is 2.03 bits per heavy atom. The summed E-state index contributed by atoms with van der Waals surface area (Å²) in [4.78, 5) is 31.4. The summed E-state index contributed by atoms with van der Waals surface area (Å²) < 4.78 is 1.67. The summed E-state index contributed by atoms with van der Waals surface area (Å²) in [6.45, 7) is 6.24. The van der Waals surface area contributed by atoms with Gasteiger partial charge in [-0.15, -0.1) is 0 Å². The lowest BCUT2D eigenvalue weighted by molar-refractivity contribution is 0.478. The molecule has 0 radical (unpaired) electrons. The molecule has 1 atom stereocenters. The second-order valence-corrected chi connectivity index (χ2v) is 8.86. The van der Waals surface area contributed by atoms with E-state index < -0.39 is 0 Å². The van der Waals surface area contributed by atoms with Crippen molar-refractivity contribution in [1.82, 2.24) is 29.8 Å². The monoisotopic (exact) mass is 475 g/mol. The largest absolute Gasteiger partial charge is 0.350 e. The Hall–Kier alpha value is -3.36. The van der Waals surface area contributed by atoms with Crippen molar-refractivity contribution in [3.05, 3.63) is 63.9 Å². The quantitative estimate of drug-likeness (QED) is 0.449. The zero-order valence-corrected chi connectivity index (χ0v) is 19.9. The molecule has 1 aliphatic rings. The minimum absolute atomic E-state index is 0.135. The molecule has 0 amide bonds. The number of nitrogens with one attached hydrogen (secondary N) is 2. The lowest BCUT2D eigenvalue weighted by atomic mass is 10.0. The van der Waals surface area contributed by atoms with E-state index in [-0.39, 0.29) is 11.6 Å². The molecule has 2 N–H and O–H groups in total. The molecule has 4 aromatic rings. The Balaban J connectivity index is 1.55. The number of anilines is 1. The Morgan fingerprint density at radius 3 is 2.76 bits per heavy atom. The van der Waals surface area contributed by atoms with Crippen molar-refractivity contribution < 1.29 is 0 Å². The van der Waals surface area contributed by atoms with Crippen LogP contribution in [0, 0.1) is 6.92 Å².